The van der Waals surface area contributed by atoms with Crippen LogP contribution in [0, 0.1) is 13.8 Å². The normalized spacial score (nSPS) is 9.86. The molecule has 6 nitrogen and oxygen atoms in total. The number of benzene rings is 2. The molecule has 0 spiro atoms. The van der Waals surface area contributed by atoms with Crippen LogP contribution in [0.1, 0.15) is 11.4 Å². The van der Waals surface area contributed by atoms with Gasteiger partial charge in [-0.25, -0.2) is 0 Å². The van der Waals surface area contributed by atoms with Gasteiger partial charge in [-0.15, -0.1) is 0 Å². The molecule has 6 rings (SSSR count). The first-order valence-corrected chi connectivity index (χ1v) is 18.8. The molecule has 4 heterocycles. The zero-order valence-electron chi connectivity index (χ0n) is 25.6. The Morgan fingerprint density at radius 2 is 0.837 bits per heavy atom. The Balaban J connectivity index is 0.000000201. The number of hydrogen-bond acceptors (Lipinski definition) is 4. The van der Waals surface area contributed by atoms with Crippen LogP contribution in [-0.4, -0.2) is 46.8 Å². The average Bonchev–Trinajstić information content (AvgIpc) is 3.68. The van der Waals surface area contributed by atoms with E-state index in [1.165, 1.54) is 10.6 Å². The van der Waals surface area contributed by atoms with Crippen molar-refractivity contribution in [1.29, 1.82) is 0 Å². The SMILES string of the molecule is C[PH+](C)c1ccccc1.C[PH+](C)c1ccccc1.Cc1cc(-c2ccccn2)[n-]n1.Cc1cc(-c2ccccn2)[n-]n1.[Os+2]. The number of nitrogens with zero attached hydrogens (tertiary/aromatic N) is 6. The van der Waals surface area contributed by atoms with Gasteiger partial charge < -0.3 is 20.4 Å². The molecule has 2 aromatic carbocycles. The van der Waals surface area contributed by atoms with Gasteiger partial charge in [0.1, 0.15) is 0 Å². The van der Waals surface area contributed by atoms with Crippen molar-refractivity contribution in [2.75, 3.05) is 26.7 Å². The van der Waals surface area contributed by atoms with Gasteiger partial charge in [-0.05, 0) is 62.4 Å². The number of pyridine rings is 2. The van der Waals surface area contributed by atoms with Crippen LogP contribution in [0.15, 0.2) is 122 Å². The minimum atomic E-state index is -0.212. The average molecular weight is 785 g/mol. The number of aryl methyl sites for hydroxylation is 2. The minimum absolute atomic E-state index is 0. The fourth-order valence-electron chi connectivity index (χ4n) is 3.60. The third kappa shape index (κ3) is 13.2. The second kappa shape index (κ2) is 19.8. The number of aromatic nitrogens is 6. The van der Waals surface area contributed by atoms with Gasteiger partial charge in [-0.3, -0.25) is 9.97 Å². The van der Waals surface area contributed by atoms with Crippen LogP contribution < -0.4 is 20.8 Å². The Kier molecular flexibility index (Phi) is 16.5. The molecule has 0 amide bonds. The Labute approximate surface area is 271 Å². The predicted molar refractivity (Wildman–Crippen MR) is 184 cm³/mol. The van der Waals surface area contributed by atoms with E-state index in [0.29, 0.717) is 0 Å². The largest absolute Gasteiger partial charge is 2.00 e. The summed E-state index contributed by atoms with van der Waals surface area (Å²) >= 11 is 0. The summed E-state index contributed by atoms with van der Waals surface area (Å²) in [6.45, 7) is 13.1. The van der Waals surface area contributed by atoms with Crippen molar-refractivity contribution in [3.05, 3.63) is 133 Å². The molecule has 0 N–H and O–H groups in total. The summed E-state index contributed by atoms with van der Waals surface area (Å²) in [6.07, 6.45) is 3.50. The summed E-state index contributed by atoms with van der Waals surface area (Å²) in [5.74, 6) is 0. The fourth-order valence-corrected chi connectivity index (χ4v) is 5.32. The molecule has 9 heteroatoms. The summed E-state index contributed by atoms with van der Waals surface area (Å²) in [6, 6.07) is 36.7. The summed E-state index contributed by atoms with van der Waals surface area (Å²) in [7, 11) is -0.424. The molecule has 0 unspecified atom stereocenters. The van der Waals surface area contributed by atoms with Crippen molar-refractivity contribution >= 4 is 26.5 Å². The Morgan fingerprint density at radius 3 is 1.07 bits per heavy atom. The monoisotopic (exact) mass is 786 g/mol. The van der Waals surface area contributed by atoms with E-state index in [0.717, 1.165) is 34.2 Å². The van der Waals surface area contributed by atoms with Crippen LogP contribution in [0.25, 0.3) is 22.8 Å². The molecule has 43 heavy (non-hydrogen) atoms. The van der Waals surface area contributed by atoms with Crippen LogP contribution >= 0.6 is 15.8 Å². The molecule has 0 aliphatic rings. The quantitative estimate of drug-likeness (QED) is 0.193. The second-order valence-corrected chi connectivity index (χ2v) is 15.1. The van der Waals surface area contributed by atoms with Crippen LogP contribution in [0.4, 0.5) is 0 Å². The smallest absolute Gasteiger partial charge is 0.574 e. The van der Waals surface area contributed by atoms with Crippen LogP contribution in [0.5, 0.6) is 0 Å². The van der Waals surface area contributed by atoms with Gasteiger partial charge in [0, 0.05) is 51.0 Å². The van der Waals surface area contributed by atoms with E-state index in [1.54, 1.807) is 12.4 Å². The standard InChI is InChI=1S/2C9H8N3.2C8H11P.Os/c2*1-7-6-9(12-11-7)8-4-2-3-5-10-8;2*1-9(2)8-6-4-3-5-7-8;/h2*2-6H,1H3;2*3-7H,1-2H3;/q2*-1;;;+2/p+2. The third-order valence-corrected chi connectivity index (χ3v) is 8.86. The van der Waals surface area contributed by atoms with E-state index >= 15 is 0 Å². The maximum atomic E-state index is 4.16. The van der Waals surface area contributed by atoms with Gasteiger partial charge in [0.2, 0.25) is 0 Å². The van der Waals surface area contributed by atoms with Crippen LogP contribution in [0.3, 0.4) is 0 Å². The Bertz CT molecular complexity index is 1420. The van der Waals surface area contributed by atoms with Crippen LogP contribution in [-0.2, 0) is 19.8 Å². The van der Waals surface area contributed by atoms with E-state index < -0.39 is 0 Å². The summed E-state index contributed by atoms with van der Waals surface area (Å²) in [4.78, 5) is 8.32. The van der Waals surface area contributed by atoms with Crippen molar-refractivity contribution in [3.63, 3.8) is 0 Å². The molecule has 0 radical (unpaired) electrons. The van der Waals surface area contributed by atoms with E-state index in [2.05, 4.69) is 118 Å². The van der Waals surface area contributed by atoms with E-state index in [4.69, 9.17) is 0 Å². The first kappa shape index (κ1) is 35.9. The summed E-state index contributed by atoms with van der Waals surface area (Å²) < 4.78 is 0. The molecular weight excluding hydrogens is 745 g/mol. The molecule has 0 saturated carbocycles. The Hall–Kier alpha value is -3.34. The topological polar surface area (TPSA) is 79.8 Å². The molecule has 0 bridgehead atoms. The molecule has 0 aliphatic heterocycles. The second-order valence-electron chi connectivity index (χ2n) is 9.90. The maximum Gasteiger partial charge on any atom is 2.00 e. The van der Waals surface area contributed by atoms with Gasteiger partial charge in [-0.1, -0.05) is 72.1 Å². The van der Waals surface area contributed by atoms with Crippen molar-refractivity contribution in [1.82, 2.24) is 30.4 Å². The molecular formula is C34H40N6OsP2+2. The zero-order valence-corrected chi connectivity index (χ0v) is 30.1. The number of hydrogen-bond donors (Lipinski definition) is 0. The summed E-state index contributed by atoms with van der Waals surface area (Å²) in [5, 5.41) is 18.8. The first-order valence-electron chi connectivity index (χ1n) is 13.8. The van der Waals surface area contributed by atoms with E-state index in [-0.39, 0.29) is 35.6 Å². The molecule has 0 atom stereocenters. The molecule has 0 saturated heterocycles. The molecule has 0 aliphatic carbocycles. The first-order chi connectivity index (χ1) is 20.3. The fraction of sp³-hybridized carbons (Fsp3) is 0.176. The van der Waals surface area contributed by atoms with Crippen molar-refractivity contribution in [3.8, 4) is 22.8 Å². The minimum Gasteiger partial charge on any atom is -0.574 e. The molecule has 4 aromatic heterocycles. The third-order valence-electron chi connectivity index (χ3n) is 5.88. The van der Waals surface area contributed by atoms with Gasteiger partial charge >= 0.3 is 19.8 Å². The predicted octanol–water partition coefficient (Wildman–Crippen LogP) is 6.39. The molecule has 222 valence electrons. The zero-order chi connectivity index (χ0) is 30.2. The van der Waals surface area contributed by atoms with Gasteiger partial charge in [-0.2, -0.15) is 0 Å². The van der Waals surface area contributed by atoms with Gasteiger partial charge in [0.25, 0.3) is 0 Å². The van der Waals surface area contributed by atoms with Crippen molar-refractivity contribution in [2.24, 2.45) is 0 Å². The van der Waals surface area contributed by atoms with E-state index in [9.17, 15) is 0 Å². The Morgan fingerprint density at radius 1 is 0.488 bits per heavy atom. The van der Waals surface area contributed by atoms with Crippen LogP contribution in [0.2, 0.25) is 0 Å². The number of rotatable bonds is 4. The maximum absolute atomic E-state index is 4.16. The van der Waals surface area contributed by atoms with Crippen molar-refractivity contribution < 1.29 is 19.8 Å². The molecule has 0 fully saturated rings. The van der Waals surface area contributed by atoms with Gasteiger partial charge in [0.15, 0.2) is 0 Å². The summed E-state index contributed by atoms with van der Waals surface area (Å²) in [5.41, 5.74) is 5.28. The van der Waals surface area contributed by atoms with Crippen molar-refractivity contribution in [2.45, 2.75) is 13.8 Å². The van der Waals surface area contributed by atoms with E-state index in [1.807, 2.05) is 62.4 Å². The van der Waals surface area contributed by atoms with Gasteiger partial charge in [0.05, 0.1) is 37.3 Å². The molecule has 6 aromatic rings.